The van der Waals surface area contributed by atoms with E-state index in [9.17, 15) is 13.2 Å². The number of hydrogen-bond donors (Lipinski definition) is 0. The van der Waals surface area contributed by atoms with Crippen molar-refractivity contribution in [3.8, 4) is 0 Å². The molecule has 1 aromatic rings. The molecule has 2 fully saturated rings. The van der Waals surface area contributed by atoms with E-state index >= 15 is 0 Å². The van der Waals surface area contributed by atoms with E-state index in [-0.39, 0.29) is 28.0 Å². The Labute approximate surface area is 151 Å². The highest BCUT2D eigenvalue weighted by Crippen LogP contribution is 2.29. The molecule has 0 aromatic heterocycles. The second-order valence-electron chi connectivity index (χ2n) is 6.01. The summed E-state index contributed by atoms with van der Waals surface area (Å²) in [6.45, 7) is 3.40. The van der Waals surface area contributed by atoms with Crippen molar-refractivity contribution >= 4 is 39.2 Å². The minimum absolute atomic E-state index is 0.0130. The maximum absolute atomic E-state index is 12.8. The molecule has 0 amide bonds. The molecule has 6 nitrogen and oxygen atoms in total. The van der Waals surface area contributed by atoms with Crippen LogP contribution in [0.1, 0.15) is 13.3 Å². The van der Waals surface area contributed by atoms with Crippen LogP contribution in [0.4, 0.5) is 0 Å². The molecule has 2 aliphatic rings. The van der Waals surface area contributed by atoms with Crippen molar-refractivity contribution < 1.29 is 17.9 Å². The van der Waals surface area contributed by atoms with Crippen LogP contribution in [-0.4, -0.2) is 61.9 Å². The van der Waals surface area contributed by atoms with Crippen LogP contribution in [-0.2, 0) is 19.6 Å². The number of rotatable bonds is 3. The number of nitrogens with zero attached hydrogens (tertiary/aromatic N) is 2. The van der Waals surface area contributed by atoms with E-state index in [1.54, 1.807) is 6.07 Å². The van der Waals surface area contributed by atoms with Gasteiger partial charge in [-0.05, 0) is 25.1 Å². The highest BCUT2D eigenvalue weighted by Gasteiger charge is 2.39. The van der Waals surface area contributed by atoms with Gasteiger partial charge in [0.05, 0.1) is 5.02 Å². The molecular weight excluding hydrogens is 375 g/mol. The average molecular weight is 393 g/mol. The lowest BCUT2D eigenvalue weighted by Gasteiger charge is -2.36. The van der Waals surface area contributed by atoms with E-state index in [1.165, 1.54) is 16.4 Å². The first-order valence-electron chi connectivity index (χ1n) is 7.69. The third-order valence-electron chi connectivity index (χ3n) is 4.37. The van der Waals surface area contributed by atoms with Crippen molar-refractivity contribution in [1.82, 2.24) is 9.21 Å². The molecule has 2 heterocycles. The Morgan fingerprint density at radius 1 is 1.17 bits per heavy atom. The van der Waals surface area contributed by atoms with Crippen LogP contribution in [0, 0.1) is 0 Å². The molecule has 2 unspecified atom stereocenters. The highest BCUT2D eigenvalue weighted by atomic mass is 35.5. The van der Waals surface area contributed by atoms with Gasteiger partial charge in [-0.15, -0.1) is 0 Å². The first kappa shape index (κ1) is 17.9. The summed E-state index contributed by atoms with van der Waals surface area (Å²) >= 11 is 11.9. The normalized spacial score (nSPS) is 26.5. The molecule has 0 bridgehead atoms. The van der Waals surface area contributed by atoms with Crippen LogP contribution < -0.4 is 0 Å². The maximum Gasteiger partial charge on any atom is 0.323 e. The summed E-state index contributed by atoms with van der Waals surface area (Å²) in [6, 6.07) is 4.11. The maximum atomic E-state index is 12.8. The fourth-order valence-electron chi connectivity index (χ4n) is 3.10. The van der Waals surface area contributed by atoms with Crippen molar-refractivity contribution in [1.29, 1.82) is 0 Å². The van der Waals surface area contributed by atoms with Crippen molar-refractivity contribution in [3.63, 3.8) is 0 Å². The lowest BCUT2D eigenvalue weighted by atomic mass is 10.1. The van der Waals surface area contributed by atoms with Crippen LogP contribution >= 0.6 is 23.2 Å². The summed E-state index contributed by atoms with van der Waals surface area (Å²) < 4.78 is 32.1. The quantitative estimate of drug-likeness (QED) is 0.735. The number of carbonyl (C=O) groups is 1. The molecule has 2 aliphatic heterocycles. The Balaban J connectivity index is 1.72. The molecule has 3 rings (SSSR count). The van der Waals surface area contributed by atoms with Crippen LogP contribution in [0.15, 0.2) is 23.1 Å². The first-order valence-corrected chi connectivity index (χ1v) is 9.88. The number of esters is 1. The number of sulfonamides is 1. The molecule has 0 aliphatic carbocycles. The minimum atomic E-state index is -3.71. The van der Waals surface area contributed by atoms with Crippen molar-refractivity contribution in [2.45, 2.75) is 30.4 Å². The minimum Gasteiger partial charge on any atom is -0.461 e. The Hall–Kier alpha value is -0.860. The molecule has 2 atom stereocenters. The van der Waals surface area contributed by atoms with Gasteiger partial charge in [0.2, 0.25) is 10.0 Å². The summed E-state index contributed by atoms with van der Waals surface area (Å²) in [5.74, 6) is -0.225. The summed E-state index contributed by atoms with van der Waals surface area (Å²) in [7, 11) is -3.71. The number of hydrogen-bond acceptors (Lipinski definition) is 5. The van der Waals surface area contributed by atoms with E-state index in [2.05, 4.69) is 0 Å². The van der Waals surface area contributed by atoms with Gasteiger partial charge < -0.3 is 4.74 Å². The fraction of sp³-hybridized carbons (Fsp3) is 0.533. The summed E-state index contributed by atoms with van der Waals surface area (Å²) in [4.78, 5) is 13.8. The van der Waals surface area contributed by atoms with Crippen molar-refractivity contribution in [2.24, 2.45) is 0 Å². The molecule has 1 aromatic carbocycles. The molecule has 0 radical (unpaired) electrons. The summed E-state index contributed by atoms with van der Waals surface area (Å²) in [5.41, 5.74) is 0. The Morgan fingerprint density at radius 3 is 2.42 bits per heavy atom. The molecule has 0 spiro atoms. The van der Waals surface area contributed by atoms with Crippen LogP contribution in [0.3, 0.4) is 0 Å². The predicted molar refractivity (Wildman–Crippen MR) is 90.8 cm³/mol. The number of cyclic esters (lactones) is 1. The monoisotopic (exact) mass is 392 g/mol. The summed E-state index contributed by atoms with van der Waals surface area (Å²) in [5, 5.41) is 0.467. The first-order chi connectivity index (χ1) is 11.3. The molecule has 9 heteroatoms. The van der Waals surface area contributed by atoms with Gasteiger partial charge in [-0.25, -0.2) is 8.42 Å². The van der Waals surface area contributed by atoms with Gasteiger partial charge in [0.15, 0.2) is 0 Å². The van der Waals surface area contributed by atoms with Crippen LogP contribution in [0.2, 0.25) is 10.0 Å². The number of piperazine rings is 1. The second-order valence-corrected chi connectivity index (χ2v) is 8.76. The molecule has 132 valence electrons. The lowest BCUT2D eigenvalue weighted by molar-refractivity contribution is -0.145. The van der Waals surface area contributed by atoms with E-state index in [4.69, 9.17) is 27.9 Å². The van der Waals surface area contributed by atoms with Gasteiger partial charge in [-0.3, -0.25) is 9.69 Å². The number of benzene rings is 1. The summed E-state index contributed by atoms with van der Waals surface area (Å²) in [6.07, 6.45) is 0.556. The smallest absolute Gasteiger partial charge is 0.323 e. The fourth-order valence-corrected chi connectivity index (χ4v) is 5.26. The number of halogens is 2. The molecule has 0 saturated carbocycles. The van der Waals surface area contributed by atoms with E-state index in [1.807, 2.05) is 11.8 Å². The van der Waals surface area contributed by atoms with E-state index in [0.29, 0.717) is 37.6 Å². The van der Waals surface area contributed by atoms with Crippen LogP contribution in [0.25, 0.3) is 0 Å². The van der Waals surface area contributed by atoms with Gasteiger partial charge in [-0.1, -0.05) is 23.2 Å². The Kier molecular flexibility index (Phi) is 5.09. The van der Waals surface area contributed by atoms with Crippen LogP contribution in [0.5, 0.6) is 0 Å². The molecule has 24 heavy (non-hydrogen) atoms. The predicted octanol–water partition coefficient (Wildman–Crippen LogP) is 2.00. The number of ether oxygens (including phenoxy) is 1. The topological polar surface area (TPSA) is 66.9 Å². The third-order valence-corrected chi connectivity index (χ3v) is 6.98. The number of carbonyl (C=O) groups excluding carboxylic acids is 1. The zero-order chi connectivity index (χ0) is 17.5. The molecular formula is C15H18Cl2N2O4S. The van der Waals surface area contributed by atoms with Crippen molar-refractivity contribution in [3.05, 3.63) is 28.2 Å². The SMILES string of the molecule is CC1CC(N2CCN(S(=O)(=O)c3cc(Cl)ccc3Cl)CC2)C(=O)O1. The van der Waals surface area contributed by atoms with E-state index < -0.39 is 10.0 Å². The van der Waals surface area contributed by atoms with Gasteiger partial charge in [0.25, 0.3) is 0 Å². The Morgan fingerprint density at radius 2 is 1.83 bits per heavy atom. The average Bonchev–Trinajstić information content (AvgIpc) is 2.88. The highest BCUT2D eigenvalue weighted by molar-refractivity contribution is 7.89. The second kappa shape index (κ2) is 6.80. The third kappa shape index (κ3) is 3.41. The van der Waals surface area contributed by atoms with Gasteiger partial charge in [-0.2, -0.15) is 4.31 Å². The van der Waals surface area contributed by atoms with Gasteiger partial charge in [0.1, 0.15) is 17.0 Å². The van der Waals surface area contributed by atoms with Gasteiger partial charge in [0, 0.05) is 37.6 Å². The zero-order valence-corrected chi connectivity index (χ0v) is 15.4. The lowest BCUT2D eigenvalue weighted by Crippen LogP contribution is -2.53. The van der Waals surface area contributed by atoms with Gasteiger partial charge >= 0.3 is 5.97 Å². The standard InChI is InChI=1S/C15H18Cl2N2O4S/c1-10-8-13(15(20)23-10)18-4-6-19(7-5-18)24(21,22)14-9-11(16)2-3-12(14)17/h2-3,9-10,13H,4-8H2,1H3. The van der Waals surface area contributed by atoms with E-state index in [0.717, 1.165) is 0 Å². The van der Waals surface area contributed by atoms with Crippen molar-refractivity contribution in [2.75, 3.05) is 26.2 Å². The molecule has 2 saturated heterocycles. The Bertz CT molecular complexity index is 748. The molecule has 0 N–H and O–H groups in total. The zero-order valence-electron chi connectivity index (χ0n) is 13.1. The largest absolute Gasteiger partial charge is 0.461 e.